The lowest BCUT2D eigenvalue weighted by molar-refractivity contribution is -0.123. The molecule has 0 aliphatic carbocycles. The Bertz CT molecular complexity index is 465. The van der Waals surface area contributed by atoms with Crippen LogP contribution in [-0.2, 0) is 11.3 Å². The van der Waals surface area contributed by atoms with Crippen molar-refractivity contribution in [1.82, 2.24) is 9.88 Å². The van der Waals surface area contributed by atoms with Gasteiger partial charge in [-0.2, -0.15) is 0 Å². The van der Waals surface area contributed by atoms with Crippen LogP contribution in [-0.4, -0.2) is 27.7 Å². The van der Waals surface area contributed by atoms with E-state index in [0.717, 1.165) is 0 Å². The summed E-state index contributed by atoms with van der Waals surface area (Å²) >= 11 is 0. The number of nitrogen functional groups attached to an aromatic ring is 1. The van der Waals surface area contributed by atoms with Crippen LogP contribution < -0.4 is 16.6 Å². The van der Waals surface area contributed by atoms with Crippen molar-refractivity contribution in [2.24, 2.45) is 0 Å². The molecular formula is C11H17N3O3. The molecule has 6 nitrogen and oxygen atoms in total. The number of hydrogen-bond acceptors (Lipinski definition) is 4. The van der Waals surface area contributed by atoms with E-state index in [4.69, 9.17) is 10.8 Å². The Balaban J connectivity index is 2.75. The fraction of sp³-hybridized carbons (Fsp3) is 0.455. The zero-order valence-electron chi connectivity index (χ0n) is 9.93. The molecule has 0 bridgehead atoms. The van der Waals surface area contributed by atoms with E-state index in [2.05, 4.69) is 5.32 Å². The maximum atomic E-state index is 11.6. The number of amides is 1. The molecule has 1 aromatic heterocycles. The van der Waals surface area contributed by atoms with Gasteiger partial charge in [-0.25, -0.2) is 0 Å². The molecule has 6 heteroatoms. The van der Waals surface area contributed by atoms with Gasteiger partial charge in [0.15, 0.2) is 0 Å². The van der Waals surface area contributed by atoms with Gasteiger partial charge in [-0.15, -0.1) is 0 Å². The first-order valence-electron chi connectivity index (χ1n) is 5.22. The lowest BCUT2D eigenvalue weighted by Crippen LogP contribution is -2.48. The lowest BCUT2D eigenvalue weighted by Gasteiger charge is -2.23. The van der Waals surface area contributed by atoms with E-state index in [1.54, 1.807) is 13.8 Å². The minimum absolute atomic E-state index is 0.118. The number of hydrogen-bond donors (Lipinski definition) is 3. The maximum absolute atomic E-state index is 11.6. The second-order valence-electron chi connectivity index (χ2n) is 4.52. The summed E-state index contributed by atoms with van der Waals surface area (Å²) in [6, 6.07) is 2.79. The number of rotatable bonds is 4. The van der Waals surface area contributed by atoms with Gasteiger partial charge in [0.1, 0.15) is 6.54 Å². The molecule has 0 atom stereocenters. The molecule has 0 aliphatic heterocycles. The number of carbonyl (C=O) groups excluding carboxylic acids is 1. The Morgan fingerprint density at radius 2 is 2.18 bits per heavy atom. The predicted molar refractivity (Wildman–Crippen MR) is 64.4 cm³/mol. The number of aromatic nitrogens is 1. The minimum atomic E-state index is -0.707. The van der Waals surface area contributed by atoms with Gasteiger partial charge < -0.3 is 20.7 Å². The Labute approximate surface area is 99.1 Å². The SMILES string of the molecule is CC(C)(CO)NC(=O)Cn1cc(N)ccc1=O. The van der Waals surface area contributed by atoms with Gasteiger partial charge in [-0.1, -0.05) is 0 Å². The molecule has 0 spiro atoms. The van der Waals surface area contributed by atoms with Crippen LogP contribution in [0.1, 0.15) is 13.8 Å². The van der Waals surface area contributed by atoms with Gasteiger partial charge >= 0.3 is 0 Å². The number of aliphatic hydroxyl groups excluding tert-OH is 1. The Kier molecular flexibility index (Phi) is 3.90. The van der Waals surface area contributed by atoms with Gasteiger partial charge in [0.2, 0.25) is 5.91 Å². The average Bonchev–Trinajstić information content (AvgIpc) is 2.23. The molecule has 0 aliphatic rings. The summed E-state index contributed by atoms with van der Waals surface area (Å²) in [4.78, 5) is 23.0. The van der Waals surface area contributed by atoms with Crippen LogP contribution >= 0.6 is 0 Å². The van der Waals surface area contributed by atoms with Crippen molar-refractivity contribution in [2.45, 2.75) is 25.9 Å². The van der Waals surface area contributed by atoms with Crippen LogP contribution in [0.25, 0.3) is 0 Å². The van der Waals surface area contributed by atoms with Gasteiger partial charge in [-0.05, 0) is 19.9 Å². The molecule has 0 radical (unpaired) electrons. The van der Waals surface area contributed by atoms with Crippen LogP contribution in [0, 0.1) is 0 Å². The summed E-state index contributed by atoms with van der Waals surface area (Å²) < 4.78 is 1.22. The van der Waals surface area contributed by atoms with Crippen molar-refractivity contribution in [2.75, 3.05) is 12.3 Å². The van der Waals surface area contributed by atoms with Crippen LogP contribution in [0.15, 0.2) is 23.1 Å². The minimum Gasteiger partial charge on any atom is -0.398 e. The third-order valence-electron chi connectivity index (χ3n) is 2.19. The maximum Gasteiger partial charge on any atom is 0.251 e. The fourth-order valence-corrected chi connectivity index (χ4v) is 1.28. The van der Waals surface area contributed by atoms with Crippen LogP contribution in [0.2, 0.25) is 0 Å². The number of nitrogens with two attached hydrogens (primary N) is 1. The number of anilines is 1. The smallest absolute Gasteiger partial charge is 0.251 e. The van der Waals surface area contributed by atoms with E-state index in [9.17, 15) is 9.59 Å². The zero-order valence-corrected chi connectivity index (χ0v) is 9.93. The first-order valence-corrected chi connectivity index (χ1v) is 5.22. The second-order valence-corrected chi connectivity index (χ2v) is 4.52. The van der Waals surface area contributed by atoms with Crippen LogP contribution in [0.5, 0.6) is 0 Å². The average molecular weight is 239 g/mol. The van der Waals surface area contributed by atoms with Crippen LogP contribution in [0.4, 0.5) is 5.69 Å². The van der Waals surface area contributed by atoms with Crippen molar-refractivity contribution in [3.8, 4) is 0 Å². The molecular weight excluding hydrogens is 222 g/mol. The third-order valence-corrected chi connectivity index (χ3v) is 2.19. The zero-order chi connectivity index (χ0) is 13.1. The number of aliphatic hydroxyl groups is 1. The normalized spacial score (nSPS) is 11.2. The molecule has 1 heterocycles. The van der Waals surface area contributed by atoms with E-state index in [-0.39, 0.29) is 24.6 Å². The van der Waals surface area contributed by atoms with E-state index >= 15 is 0 Å². The summed E-state index contributed by atoms with van der Waals surface area (Å²) in [5.41, 5.74) is 4.94. The highest BCUT2D eigenvalue weighted by Crippen LogP contribution is 2.00. The standard InChI is InChI=1S/C11H17N3O3/c1-11(2,7-15)13-9(16)6-14-5-8(12)3-4-10(14)17/h3-5,15H,6-7,12H2,1-2H3,(H,13,16). The third kappa shape index (κ3) is 3.92. The van der Waals surface area contributed by atoms with E-state index in [1.165, 1.54) is 22.9 Å². The molecule has 0 fully saturated rings. The monoisotopic (exact) mass is 239 g/mol. The first-order chi connectivity index (χ1) is 7.84. The molecule has 1 aromatic rings. The number of carbonyl (C=O) groups is 1. The molecule has 0 unspecified atom stereocenters. The number of nitrogens with one attached hydrogen (secondary N) is 1. The summed E-state index contributed by atoms with van der Waals surface area (Å²) in [7, 11) is 0. The van der Waals surface area contributed by atoms with E-state index in [0.29, 0.717) is 5.69 Å². The highest BCUT2D eigenvalue weighted by atomic mass is 16.3. The van der Waals surface area contributed by atoms with E-state index < -0.39 is 5.54 Å². The molecule has 1 rings (SSSR count). The highest BCUT2D eigenvalue weighted by Gasteiger charge is 2.19. The van der Waals surface area contributed by atoms with Gasteiger partial charge in [0.05, 0.1) is 12.1 Å². The fourth-order valence-electron chi connectivity index (χ4n) is 1.28. The molecule has 4 N–H and O–H groups in total. The summed E-state index contributed by atoms with van der Waals surface area (Å²) in [5.74, 6) is -0.350. The summed E-state index contributed by atoms with van der Waals surface area (Å²) in [5, 5.41) is 11.6. The second kappa shape index (κ2) is 5.01. The molecule has 0 saturated heterocycles. The Morgan fingerprint density at radius 1 is 1.53 bits per heavy atom. The highest BCUT2D eigenvalue weighted by molar-refractivity contribution is 5.76. The van der Waals surface area contributed by atoms with E-state index in [1.807, 2.05) is 0 Å². The molecule has 1 amide bonds. The Hall–Kier alpha value is -1.82. The van der Waals surface area contributed by atoms with Gasteiger partial charge in [-0.3, -0.25) is 9.59 Å². The van der Waals surface area contributed by atoms with Gasteiger partial charge in [0.25, 0.3) is 5.56 Å². The summed E-state index contributed by atoms with van der Waals surface area (Å²) in [6.45, 7) is 3.08. The van der Waals surface area contributed by atoms with Crippen molar-refractivity contribution in [3.05, 3.63) is 28.7 Å². The van der Waals surface area contributed by atoms with Crippen molar-refractivity contribution in [1.29, 1.82) is 0 Å². The van der Waals surface area contributed by atoms with Crippen molar-refractivity contribution < 1.29 is 9.90 Å². The molecule has 94 valence electrons. The quantitative estimate of drug-likeness (QED) is 0.648. The molecule has 0 saturated carbocycles. The Morgan fingerprint density at radius 3 is 2.76 bits per heavy atom. The van der Waals surface area contributed by atoms with Gasteiger partial charge in [0, 0.05) is 18.0 Å². The molecule has 17 heavy (non-hydrogen) atoms. The summed E-state index contributed by atoms with van der Waals surface area (Å²) in [6.07, 6.45) is 1.41. The van der Waals surface area contributed by atoms with Crippen molar-refractivity contribution in [3.63, 3.8) is 0 Å². The lowest BCUT2D eigenvalue weighted by atomic mass is 10.1. The largest absolute Gasteiger partial charge is 0.398 e. The number of nitrogens with zero attached hydrogens (tertiary/aromatic N) is 1. The molecule has 0 aromatic carbocycles. The van der Waals surface area contributed by atoms with Crippen molar-refractivity contribution >= 4 is 11.6 Å². The topological polar surface area (TPSA) is 97.3 Å². The first kappa shape index (κ1) is 13.2. The van der Waals surface area contributed by atoms with Crippen LogP contribution in [0.3, 0.4) is 0 Å². The predicted octanol–water partition coefficient (Wildman–Crippen LogP) is -0.682. The number of pyridine rings is 1.